The largest absolute Gasteiger partial charge is 0.317 e. The van der Waals surface area contributed by atoms with Crippen molar-refractivity contribution in [3.8, 4) is 33.4 Å². The quantitative estimate of drug-likeness (QED) is 0.132. The van der Waals surface area contributed by atoms with Gasteiger partial charge in [0.1, 0.15) is 0 Å². The molecule has 0 aliphatic carbocycles. The molecule has 2 nitrogen and oxygen atoms in total. The van der Waals surface area contributed by atoms with Gasteiger partial charge in [0.2, 0.25) is 0 Å². The van der Waals surface area contributed by atoms with Gasteiger partial charge in [-0.05, 0) is 111 Å². The van der Waals surface area contributed by atoms with Crippen molar-refractivity contribution >= 4 is 86.6 Å². The second-order valence-electron chi connectivity index (χ2n) is 16.2. The molecule has 9 aromatic carbocycles. The van der Waals surface area contributed by atoms with Crippen LogP contribution in [-0.4, -0.2) is 4.40 Å². The first-order valence-electron chi connectivity index (χ1n) is 21.4. The average molecular weight is 821 g/mol. The van der Waals surface area contributed by atoms with E-state index in [4.69, 9.17) is 0 Å². The fourth-order valence-corrected chi connectivity index (χ4v) is 10.6. The van der Waals surface area contributed by atoms with E-state index in [1.807, 2.05) is 17.4 Å². The number of benzene rings is 9. The molecule has 0 saturated heterocycles. The van der Waals surface area contributed by atoms with Crippen molar-refractivity contribution in [2.45, 2.75) is 0 Å². The summed E-state index contributed by atoms with van der Waals surface area (Å²) in [6.07, 6.45) is 8.48. The summed E-state index contributed by atoms with van der Waals surface area (Å²) < 4.78 is 5.06. The molecule has 0 spiro atoms. The first-order chi connectivity index (χ1) is 31.2. The zero-order valence-electron chi connectivity index (χ0n) is 34.4. The summed E-state index contributed by atoms with van der Waals surface area (Å²) in [7, 11) is 0. The van der Waals surface area contributed by atoms with Crippen LogP contribution in [0.25, 0.3) is 97.2 Å². The van der Waals surface area contributed by atoms with Crippen LogP contribution >= 0.6 is 11.3 Å². The Hall–Kier alpha value is -7.98. The maximum atomic E-state index is 4.30. The summed E-state index contributed by atoms with van der Waals surface area (Å²) in [4.78, 5) is 2.27. The van der Waals surface area contributed by atoms with Crippen LogP contribution < -0.4 is 4.90 Å². The lowest BCUT2D eigenvalue weighted by molar-refractivity contribution is 1.28. The lowest BCUT2D eigenvalue weighted by Crippen LogP contribution is -2.08. The number of nitrogens with zero attached hydrogens (tertiary/aromatic N) is 2. The van der Waals surface area contributed by atoms with Crippen LogP contribution in [0.15, 0.2) is 237 Å². The first-order valence-corrected chi connectivity index (χ1v) is 22.3. The van der Waals surface area contributed by atoms with Crippen molar-refractivity contribution in [1.29, 1.82) is 0 Å². The number of hydrogen-bond donors (Lipinski definition) is 0. The summed E-state index contributed by atoms with van der Waals surface area (Å²) >= 11 is 1.86. The number of para-hydroxylation sites is 2. The number of fused-ring (bicyclic) bond motifs is 9. The highest BCUT2D eigenvalue weighted by Gasteiger charge is 2.18. The molecule has 0 bridgehead atoms. The van der Waals surface area contributed by atoms with Crippen molar-refractivity contribution < 1.29 is 0 Å². The zero-order valence-corrected chi connectivity index (χ0v) is 35.3. The van der Waals surface area contributed by atoms with Crippen LogP contribution in [0.5, 0.6) is 0 Å². The number of hydrogen-bond acceptors (Lipinski definition) is 2. The van der Waals surface area contributed by atoms with Gasteiger partial charge in [-0.3, -0.25) is 0 Å². The molecule has 3 heterocycles. The number of thiophene rings is 1. The Morgan fingerprint density at radius 3 is 1.51 bits per heavy atom. The Balaban J connectivity index is 0.913. The standard InChI is InChI=1S/C60H40N2S/c1-2-40(47-37-54-50-16-6-9-19-56(50)62-57-20-10-7-17-51(57)55(38-47)60(54)62)15-12-36-61(48-31-26-44(27-32-48)43-24-22-42(23-25-43)41-13-4-3-5-14-41)49-33-28-45(29-34-49)46-30-35-53-52-18-8-11-21-58(52)63-59(53)39-46/h2-39H,1H2. The van der Waals surface area contributed by atoms with E-state index in [0.717, 1.165) is 22.5 Å². The van der Waals surface area contributed by atoms with Gasteiger partial charge in [-0.1, -0.05) is 164 Å². The van der Waals surface area contributed by atoms with Crippen LogP contribution in [0.2, 0.25) is 0 Å². The number of aromatic nitrogens is 1. The van der Waals surface area contributed by atoms with E-state index in [-0.39, 0.29) is 0 Å². The molecule has 0 aliphatic heterocycles. The molecule has 12 aromatic rings. The fourth-order valence-electron chi connectivity index (χ4n) is 9.47. The number of allylic oxidation sites excluding steroid dienone is 4. The van der Waals surface area contributed by atoms with E-state index in [1.165, 1.54) is 91.6 Å². The van der Waals surface area contributed by atoms with Gasteiger partial charge < -0.3 is 9.30 Å². The Morgan fingerprint density at radius 2 is 0.905 bits per heavy atom. The molecule has 296 valence electrons. The molecule has 0 N–H and O–H groups in total. The number of rotatable bonds is 9. The topological polar surface area (TPSA) is 7.65 Å². The highest BCUT2D eigenvalue weighted by molar-refractivity contribution is 7.25. The molecule has 3 heteroatoms. The summed E-state index contributed by atoms with van der Waals surface area (Å²) in [6, 6.07) is 74.9. The van der Waals surface area contributed by atoms with E-state index in [0.29, 0.717) is 0 Å². The third-order valence-electron chi connectivity index (χ3n) is 12.6. The third kappa shape index (κ3) is 6.33. The lowest BCUT2D eigenvalue weighted by atomic mass is 9.99. The Bertz CT molecular complexity index is 3630. The second-order valence-corrected chi connectivity index (χ2v) is 17.3. The molecule has 0 aliphatic rings. The maximum Gasteiger partial charge on any atom is 0.0620 e. The van der Waals surface area contributed by atoms with Gasteiger partial charge in [-0.2, -0.15) is 0 Å². The molecule has 0 amide bonds. The van der Waals surface area contributed by atoms with Crippen molar-refractivity contribution in [3.05, 3.63) is 243 Å². The van der Waals surface area contributed by atoms with Crippen LogP contribution in [-0.2, 0) is 0 Å². The normalized spacial score (nSPS) is 12.2. The van der Waals surface area contributed by atoms with Gasteiger partial charge in [0.05, 0.1) is 16.6 Å². The monoisotopic (exact) mass is 820 g/mol. The van der Waals surface area contributed by atoms with Gasteiger partial charge in [0.25, 0.3) is 0 Å². The minimum atomic E-state index is 1.06. The molecule has 12 rings (SSSR count). The van der Waals surface area contributed by atoms with E-state index in [1.54, 1.807) is 0 Å². The van der Waals surface area contributed by atoms with Crippen LogP contribution in [0.4, 0.5) is 11.4 Å². The Labute approximate surface area is 370 Å². The average Bonchev–Trinajstić information content (AvgIpc) is 4.01. The summed E-state index contributed by atoms with van der Waals surface area (Å²) in [6.45, 7) is 4.30. The van der Waals surface area contributed by atoms with Crippen LogP contribution in [0.1, 0.15) is 5.56 Å². The second kappa shape index (κ2) is 15.2. The summed E-state index contributed by atoms with van der Waals surface area (Å²) in [5.41, 5.74) is 15.3. The van der Waals surface area contributed by atoms with Gasteiger partial charge in [0, 0.05) is 59.3 Å². The highest BCUT2D eigenvalue weighted by atomic mass is 32.1. The predicted molar refractivity (Wildman–Crippen MR) is 273 cm³/mol. The SMILES string of the molecule is C=CC(=CC=CN(c1ccc(-c2ccc(-c3ccccc3)cc2)cc1)c1ccc(-c2ccc3c(c2)sc2ccccc23)cc1)c1cc2c3ccccc3n3c4ccccc4c(c1)c23. The zero-order chi connectivity index (χ0) is 41.9. The minimum absolute atomic E-state index is 1.06. The maximum absolute atomic E-state index is 4.30. The Kier molecular flexibility index (Phi) is 8.88. The minimum Gasteiger partial charge on any atom is -0.317 e. The van der Waals surface area contributed by atoms with Gasteiger partial charge in [-0.15, -0.1) is 11.3 Å². The summed E-state index contributed by atoms with van der Waals surface area (Å²) in [5.74, 6) is 0. The van der Waals surface area contributed by atoms with Crippen molar-refractivity contribution in [1.82, 2.24) is 4.40 Å². The van der Waals surface area contributed by atoms with Gasteiger partial charge >= 0.3 is 0 Å². The van der Waals surface area contributed by atoms with Crippen molar-refractivity contribution in [2.75, 3.05) is 4.90 Å². The highest BCUT2D eigenvalue weighted by Crippen LogP contribution is 2.42. The van der Waals surface area contributed by atoms with E-state index < -0.39 is 0 Å². The van der Waals surface area contributed by atoms with E-state index in [2.05, 4.69) is 240 Å². The smallest absolute Gasteiger partial charge is 0.0620 e. The molecule has 0 unspecified atom stereocenters. The molecular weight excluding hydrogens is 781 g/mol. The van der Waals surface area contributed by atoms with E-state index in [9.17, 15) is 0 Å². The molecular formula is C60H40N2S. The fraction of sp³-hybridized carbons (Fsp3) is 0. The molecule has 3 aromatic heterocycles. The molecule has 0 fully saturated rings. The molecule has 0 saturated carbocycles. The first kappa shape index (κ1) is 36.8. The molecule has 0 atom stereocenters. The van der Waals surface area contributed by atoms with Crippen LogP contribution in [0, 0.1) is 0 Å². The summed E-state index contributed by atoms with van der Waals surface area (Å²) in [5, 5.41) is 7.68. The van der Waals surface area contributed by atoms with Gasteiger partial charge in [-0.25, -0.2) is 0 Å². The molecule has 63 heavy (non-hydrogen) atoms. The van der Waals surface area contributed by atoms with E-state index >= 15 is 0 Å². The number of anilines is 2. The molecule has 0 radical (unpaired) electrons. The predicted octanol–water partition coefficient (Wildman–Crippen LogP) is 17.1. The third-order valence-corrected chi connectivity index (χ3v) is 13.7. The van der Waals surface area contributed by atoms with Crippen LogP contribution in [0.3, 0.4) is 0 Å². The van der Waals surface area contributed by atoms with Crippen molar-refractivity contribution in [2.24, 2.45) is 0 Å². The van der Waals surface area contributed by atoms with Crippen molar-refractivity contribution in [3.63, 3.8) is 0 Å². The lowest BCUT2D eigenvalue weighted by Gasteiger charge is -2.22. The van der Waals surface area contributed by atoms with Gasteiger partial charge in [0.15, 0.2) is 0 Å². The Morgan fingerprint density at radius 1 is 0.429 bits per heavy atom.